The van der Waals surface area contributed by atoms with Crippen LogP contribution in [0, 0.1) is 6.92 Å². The van der Waals surface area contributed by atoms with Crippen LogP contribution in [0.2, 0.25) is 5.15 Å². The highest BCUT2D eigenvalue weighted by atomic mass is 35.5. The first kappa shape index (κ1) is 10.7. The van der Waals surface area contributed by atoms with Gasteiger partial charge in [0.15, 0.2) is 0 Å². The molecule has 88 valence electrons. The Morgan fingerprint density at radius 1 is 1.35 bits per heavy atom. The maximum absolute atomic E-state index is 6.18. The minimum atomic E-state index is 0.500. The van der Waals surface area contributed by atoms with E-state index in [1.54, 1.807) is 6.20 Å². The number of nitrogens with zero attached hydrogens (tertiary/aromatic N) is 4. The summed E-state index contributed by atoms with van der Waals surface area (Å²) >= 11 is 6.18. The highest BCUT2D eigenvalue weighted by Gasteiger charge is 2.28. The van der Waals surface area contributed by atoms with Crippen molar-refractivity contribution in [2.45, 2.75) is 25.7 Å². The second kappa shape index (κ2) is 3.81. The number of rotatable bonds is 2. The molecule has 5 heteroatoms. The molecule has 0 bridgehead atoms. The quantitative estimate of drug-likeness (QED) is 0.768. The predicted octanol–water partition coefficient (Wildman–Crippen LogP) is 2.72. The minimum absolute atomic E-state index is 0.500. The Labute approximate surface area is 105 Å². The molecule has 0 aliphatic heterocycles. The van der Waals surface area contributed by atoms with Crippen molar-refractivity contribution in [1.29, 1.82) is 0 Å². The van der Waals surface area contributed by atoms with Gasteiger partial charge in [0.25, 0.3) is 0 Å². The van der Waals surface area contributed by atoms with E-state index in [4.69, 9.17) is 11.6 Å². The smallest absolute Gasteiger partial charge is 0.136 e. The van der Waals surface area contributed by atoms with E-state index < -0.39 is 0 Å². The molecule has 0 unspecified atom stereocenters. The lowest BCUT2D eigenvalue weighted by Gasteiger charge is -2.09. The van der Waals surface area contributed by atoms with Gasteiger partial charge in [-0.15, -0.1) is 0 Å². The van der Waals surface area contributed by atoms with Crippen LogP contribution >= 0.6 is 11.6 Å². The van der Waals surface area contributed by atoms with Crippen molar-refractivity contribution >= 4 is 11.6 Å². The van der Waals surface area contributed by atoms with Crippen LogP contribution in [-0.2, 0) is 7.05 Å². The fraction of sp³-hybridized carbons (Fsp3) is 0.417. The van der Waals surface area contributed by atoms with Crippen molar-refractivity contribution in [2.24, 2.45) is 7.05 Å². The molecule has 4 nitrogen and oxygen atoms in total. The van der Waals surface area contributed by atoms with Crippen molar-refractivity contribution < 1.29 is 0 Å². The first-order chi connectivity index (χ1) is 8.16. The SMILES string of the molecule is Cc1c(Cl)nc(C2CC2)nc1-c1ccnn1C. The van der Waals surface area contributed by atoms with Crippen molar-refractivity contribution in [3.05, 3.63) is 28.8 Å². The second-order valence-electron chi connectivity index (χ2n) is 4.46. The Kier molecular flexibility index (Phi) is 2.40. The topological polar surface area (TPSA) is 43.6 Å². The number of halogens is 1. The van der Waals surface area contributed by atoms with Gasteiger partial charge in [-0.2, -0.15) is 5.10 Å². The van der Waals surface area contributed by atoms with Crippen LogP contribution in [0.1, 0.15) is 30.1 Å². The van der Waals surface area contributed by atoms with Crippen LogP contribution in [0.25, 0.3) is 11.4 Å². The summed E-state index contributed by atoms with van der Waals surface area (Å²) in [5.41, 5.74) is 2.79. The summed E-state index contributed by atoms with van der Waals surface area (Å²) in [5, 5.41) is 4.72. The molecule has 1 fully saturated rings. The monoisotopic (exact) mass is 248 g/mol. The molecular formula is C12H13ClN4. The third-order valence-corrected chi connectivity index (χ3v) is 3.48. The highest BCUT2D eigenvalue weighted by Crippen LogP contribution is 2.39. The lowest BCUT2D eigenvalue weighted by molar-refractivity contribution is 0.769. The van der Waals surface area contributed by atoms with Gasteiger partial charge in [0.05, 0.1) is 11.4 Å². The van der Waals surface area contributed by atoms with Gasteiger partial charge in [-0.05, 0) is 25.8 Å². The van der Waals surface area contributed by atoms with E-state index in [1.165, 1.54) is 12.8 Å². The largest absolute Gasteiger partial charge is 0.266 e. The second-order valence-corrected chi connectivity index (χ2v) is 4.82. The van der Waals surface area contributed by atoms with Gasteiger partial charge in [0, 0.05) is 24.7 Å². The Morgan fingerprint density at radius 2 is 2.12 bits per heavy atom. The Bertz CT molecular complexity index is 572. The number of hydrogen-bond donors (Lipinski definition) is 0. The molecule has 3 rings (SSSR count). The Balaban J connectivity index is 2.17. The Hall–Kier alpha value is -1.42. The zero-order chi connectivity index (χ0) is 12.0. The molecule has 2 heterocycles. The Morgan fingerprint density at radius 3 is 2.71 bits per heavy atom. The summed E-state index contributed by atoms with van der Waals surface area (Å²) in [6.07, 6.45) is 4.11. The van der Waals surface area contributed by atoms with E-state index in [-0.39, 0.29) is 0 Å². The van der Waals surface area contributed by atoms with Crippen LogP contribution in [0.3, 0.4) is 0 Å². The summed E-state index contributed by atoms with van der Waals surface area (Å²) < 4.78 is 1.81. The molecule has 0 amide bonds. The number of aryl methyl sites for hydroxylation is 1. The average molecular weight is 249 g/mol. The van der Waals surface area contributed by atoms with Crippen LogP contribution in [0.4, 0.5) is 0 Å². The zero-order valence-corrected chi connectivity index (χ0v) is 10.6. The van der Waals surface area contributed by atoms with Crippen LogP contribution in [0.5, 0.6) is 0 Å². The summed E-state index contributed by atoms with van der Waals surface area (Å²) in [4.78, 5) is 9.00. The van der Waals surface area contributed by atoms with Gasteiger partial charge in [-0.25, -0.2) is 9.97 Å². The first-order valence-corrected chi connectivity index (χ1v) is 6.07. The predicted molar refractivity (Wildman–Crippen MR) is 66.0 cm³/mol. The summed E-state index contributed by atoms with van der Waals surface area (Å²) in [5.74, 6) is 1.37. The van der Waals surface area contributed by atoms with Crippen LogP contribution in [-0.4, -0.2) is 19.7 Å². The molecule has 1 aliphatic rings. The van der Waals surface area contributed by atoms with E-state index in [2.05, 4.69) is 15.1 Å². The van der Waals surface area contributed by atoms with Gasteiger partial charge < -0.3 is 0 Å². The van der Waals surface area contributed by atoms with Gasteiger partial charge in [-0.3, -0.25) is 4.68 Å². The maximum Gasteiger partial charge on any atom is 0.136 e. The van der Waals surface area contributed by atoms with Gasteiger partial charge in [0.1, 0.15) is 11.0 Å². The fourth-order valence-corrected chi connectivity index (χ4v) is 2.06. The molecule has 0 aromatic carbocycles. The molecule has 2 aromatic heterocycles. The van der Waals surface area contributed by atoms with Crippen molar-refractivity contribution in [3.63, 3.8) is 0 Å². The lowest BCUT2D eigenvalue weighted by Crippen LogP contribution is -2.02. The fourth-order valence-electron chi connectivity index (χ4n) is 1.89. The van der Waals surface area contributed by atoms with E-state index in [0.29, 0.717) is 11.1 Å². The molecular weight excluding hydrogens is 236 g/mol. The maximum atomic E-state index is 6.18. The molecule has 17 heavy (non-hydrogen) atoms. The van der Waals surface area contributed by atoms with E-state index >= 15 is 0 Å². The summed E-state index contributed by atoms with van der Waals surface area (Å²) in [6, 6.07) is 1.95. The van der Waals surface area contributed by atoms with E-state index in [0.717, 1.165) is 22.8 Å². The molecule has 0 spiro atoms. The molecule has 0 N–H and O–H groups in total. The summed E-state index contributed by atoms with van der Waals surface area (Å²) in [6.45, 7) is 1.95. The molecule has 1 aliphatic carbocycles. The normalized spacial score (nSPS) is 15.2. The van der Waals surface area contributed by atoms with Crippen LogP contribution < -0.4 is 0 Å². The molecule has 2 aromatic rings. The average Bonchev–Trinajstić information content (AvgIpc) is 3.06. The molecule has 0 atom stereocenters. The van der Waals surface area contributed by atoms with Crippen LogP contribution in [0.15, 0.2) is 12.3 Å². The lowest BCUT2D eigenvalue weighted by atomic mass is 10.2. The summed E-state index contributed by atoms with van der Waals surface area (Å²) in [7, 11) is 1.90. The third-order valence-electron chi connectivity index (χ3n) is 3.11. The molecule has 0 saturated heterocycles. The van der Waals surface area contributed by atoms with Crippen molar-refractivity contribution in [3.8, 4) is 11.4 Å². The highest BCUT2D eigenvalue weighted by molar-refractivity contribution is 6.30. The van der Waals surface area contributed by atoms with E-state index in [1.807, 2.05) is 24.7 Å². The van der Waals surface area contributed by atoms with E-state index in [9.17, 15) is 0 Å². The van der Waals surface area contributed by atoms with Crippen molar-refractivity contribution in [1.82, 2.24) is 19.7 Å². The zero-order valence-electron chi connectivity index (χ0n) is 9.81. The minimum Gasteiger partial charge on any atom is -0.266 e. The molecule has 1 saturated carbocycles. The van der Waals surface area contributed by atoms with Gasteiger partial charge in [0.2, 0.25) is 0 Å². The number of aromatic nitrogens is 4. The van der Waals surface area contributed by atoms with Gasteiger partial charge >= 0.3 is 0 Å². The molecule has 0 radical (unpaired) electrons. The first-order valence-electron chi connectivity index (χ1n) is 5.69. The number of hydrogen-bond acceptors (Lipinski definition) is 3. The third kappa shape index (κ3) is 1.82. The standard InChI is InChI=1S/C12H13ClN4/c1-7-10(9-5-6-14-17(9)2)15-12(8-3-4-8)16-11(7)13/h5-6,8H,3-4H2,1-2H3. The van der Waals surface area contributed by atoms with Crippen molar-refractivity contribution in [2.75, 3.05) is 0 Å². The van der Waals surface area contributed by atoms with Gasteiger partial charge in [-0.1, -0.05) is 11.6 Å².